The maximum absolute atomic E-state index is 12.6. The molecule has 114 valence electrons. The highest BCUT2D eigenvalue weighted by molar-refractivity contribution is 9.10. The van der Waals surface area contributed by atoms with Crippen LogP contribution >= 0.6 is 15.9 Å². The first-order valence-corrected chi connectivity index (χ1v) is 8.01. The zero-order chi connectivity index (χ0) is 15.4. The molecule has 1 aromatic rings. The summed E-state index contributed by atoms with van der Waals surface area (Å²) in [6, 6.07) is 7.76. The molecule has 5 heteroatoms. The average Bonchev–Trinajstić information content (AvgIpc) is 2.48. The number of hydrogen-bond acceptors (Lipinski definition) is 2. The van der Waals surface area contributed by atoms with Gasteiger partial charge in [0.25, 0.3) is 0 Å². The number of carboxylic acid groups (broad SMARTS) is 1. The minimum absolute atomic E-state index is 0.0575. The molecular formula is C16H20BrNO3. The van der Waals surface area contributed by atoms with Gasteiger partial charge in [0.1, 0.15) is 0 Å². The van der Waals surface area contributed by atoms with Crippen molar-refractivity contribution in [2.45, 2.75) is 32.2 Å². The number of carbonyl (C=O) groups excluding carboxylic acids is 1. The molecule has 1 aliphatic rings. The second-order valence-electron chi connectivity index (χ2n) is 5.62. The molecule has 0 saturated heterocycles. The molecule has 1 saturated carbocycles. The Morgan fingerprint density at radius 3 is 2.48 bits per heavy atom. The Morgan fingerprint density at radius 2 is 1.86 bits per heavy atom. The van der Waals surface area contributed by atoms with Gasteiger partial charge in [-0.2, -0.15) is 0 Å². The van der Waals surface area contributed by atoms with Gasteiger partial charge in [0.2, 0.25) is 5.91 Å². The molecule has 1 aromatic carbocycles. The molecule has 0 heterocycles. The fourth-order valence-corrected chi connectivity index (χ4v) is 3.38. The van der Waals surface area contributed by atoms with Gasteiger partial charge in [0, 0.05) is 18.1 Å². The van der Waals surface area contributed by atoms with E-state index in [1.54, 1.807) is 11.9 Å². The number of rotatable bonds is 4. The number of nitrogens with zero attached hydrogens (tertiary/aromatic N) is 1. The highest BCUT2D eigenvalue weighted by Crippen LogP contribution is 2.32. The number of carboxylic acids is 1. The van der Waals surface area contributed by atoms with E-state index in [0.717, 1.165) is 22.9 Å². The van der Waals surface area contributed by atoms with Crippen LogP contribution in [-0.4, -0.2) is 28.9 Å². The standard InChI is InChI=1S/C16H20BrNO3/c1-18(10-11-6-2-5-9-14(11)17)15(19)12-7-3-4-8-13(12)16(20)21/h2,5-6,9,12-13H,3-4,7-8,10H2,1H3,(H,20,21)/t12-,13+/m1/s1. The summed E-state index contributed by atoms with van der Waals surface area (Å²) in [6.45, 7) is 0.489. The molecule has 0 aliphatic heterocycles. The van der Waals surface area contributed by atoms with Crippen molar-refractivity contribution in [1.29, 1.82) is 0 Å². The third-order valence-corrected chi connectivity index (χ3v) is 4.92. The van der Waals surface area contributed by atoms with Crippen LogP contribution in [0, 0.1) is 11.8 Å². The third kappa shape index (κ3) is 3.84. The predicted molar refractivity (Wildman–Crippen MR) is 83.7 cm³/mol. The van der Waals surface area contributed by atoms with Gasteiger partial charge in [0.15, 0.2) is 0 Å². The molecule has 1 N–H and O–H groups in total. The molecule has 0 bridgehead atoms. The summed E-state index contributed by atoms with van der Waals surface area (Å²) >= 11 is 3.47. The van der Waals surface area contributed by atoms with Crippen molar-refractivity contribution in [3.63, 3.8) is 0 Å². The van der Waals surface area contributed by atoms with Gasteiger partial charge >= 0.3 is 5.97 Å². The number of hydrogen-bond donors (Lipinski definition) is 1. The Bertz CT molecular complexity index is 532. The van der Waals surface area contributed by atoms with Gasteiger partial charge in [-0.25, -0.2) is 0 Å². The van der Waals surface area contributed by atoms with Gasteiger partial charge in [-0.1, -0.05) is 47.0 Å². The summed E-state index contributed by atoms with van der Waals surface area (Å²) < 4.78 is 0.961. The van der Waals surface area contributed by atoms with Crippen molar-refractivity contribution in [3.05, 3.63) is 34.3 Å². The number of benzene rings is 1. The lowest BCUT2D eigenvalue weighted by molar-refractivity contribution is -0.152. The molecule has 21 heavy (non-hydrogen) atoms. The molecule has 1 fully saturated rings. The van der Waals surface area contributed by atoms with Crippen molar-refractivity contribution in [2.24, 2.45) is 11.8 Å². The average molecular weight is 354 g/mol. The van der Waals surface area contributed by atoms with Crippen LogP contribution in [0.25, 0.3) is 0 Å². The zero-order valence-corrected chi connectivity index (χ0v) is 13.7. The molecule has 1 amide bonds. The lowest BCUT2D eigenvalue weighted by Gasteiger charge is -2.31. The van der Waals surface area contributed by atoms with Crippen molar-refractivity contribution >= 4 is 27.8 Å². The molecule has 2 rings (SSSR count). The molecule has 0 radical (unpaired) electrons. The number of amides is 1. The lowest BCUT2D eigenvalue weighted by atomic mass is 9.78. The van der Waals surface area contributed by atoms with Gasteiger partial charge in [0.05, 0.1) is 11.8 Å². The van der Waals surface area contributed by atoms with Gasteiger partial charge in [-0.05, 0) is 24.5 Å². The Labute approximate surface area is 133 Å². The van der Waals surface area contributed by atoms with Crippen LogP contribution in [0.2, 0.25) is 0 Å². The Kier molecular flexibility index (Phi) is 5.39. The molecule has 1 aliphatic carbocycles. The maximum Gasteiger partial charge on any atom is 0.307 e. The van der Waals surface area contributed by atoms with Crippen LogP contribution in [0.5, 0.6) is 0 Å². The van der Waals surface area contributed by atoms with E-state index in [9.17, 15) is 14.7 Å². The summed E-state index contributed by atoms with van der Waals surface area (Å²) in [5.74, 6) is -1.82. The van der Waals surface area contributed by atoms with Crippen LogP contribution in [0.15, 0.2) is 28.7 Å². The van der Waals surface area contributed by atoms with Crippen LogP contribution < -0.4 is 0 Å². The number of carbonyl (C=O) groups is 2. The van der Waals surface area contributed by atoms with E-state index in [1.807, 2.05) is 24.3 Å². The first kappa shape index (κ1) is 16.0. The SMILES string of the molecule is CN(Cc1ccccc1Br)C(=O)[C@@H]1CCCC[C@@H]1C(=O)O. The first-order chi connectivity index (χ1) is 10.0. The van der Waals surface area contributed by atoms with Gasteiger partial charge in [-0.15, -0.1) is 0 Å². The first-order valence-electron chi connectivity index (χ1n) is 7.22. The van der Waals surface area contributed by atoms with E-state index >= 15 is 0 Å². The quantitative estimate of drug-likeness (QED) is 0.903. The normalized spacial score (nSPS) is 21.8. The highest BCUT2D eigenvalue weighted by atomic mass is 79.9. The lowest BCUT2D eigenvalue weighted by Crippen LogP contribution is -2.40. The van der Waals surface area contributed by atoms with Crippen LogP contribution in [0.4, 0.5) is 0 Å². The summed E-state index contributed by atoms with van der Waals surface area (Å²) in [4.78, 5) is 25.5. The number of halogens is 1. The summed E-state index contributed by atoms with van der Waals surface area (Å²) in [6.07, 6.45) is 3.11. The predicted octanol–water partition coefficient (Wildman–Crippen LogP) is 3.30. The van der Waals surface area contributed by atoms with Crippen molar-refractivity contribution in [1.82, 2.24) is 4.90 Å². The molecule has 0 unspecified atom stereocenters. The summed E-state index contributed by atoms with van der Waals surface area (Å²) in [7, 11) is 1.75. The van der Waals surface area contributed by atoms with Gasteiger partial charge in [-0.3, -0.25) is 9.59 Å². The van der Waals surface area contributed by atoms with Crippen LogP contribution in [0.1, 0.15) is 31.2 Å². The smallest absolute Gasteiger partial charge is 0.307 e. The molecule has 0 aromatic heterocycles. The zero-order valence-electron chi connectivity index (χ0n) is 12.1. The van der Waals surface area contributed by atoms with E-state index in [4.69, 9.17) is 0 Å². The molecule has 2 atom stereocenters. The summed E-state index contributed by atoms with van der Waals surface area (Å²) in [5, 5.41) is 9.29. The van der Waals surface area contributed by atoms with Crippen molar-refractivity contribution in [3.8, 4) is 0 Å². The van der Waals surface area contributed by atoms with E-state index < -0.39 is 11.9 Å². The van der Waals surface area contributed by atoms with E-state index in [2.05, 4.69) is 15.9 Å². The van der Waals surface area contributed by atoms with Crippen molar-refractivity contribution in [2.75, 3.05) is 7.05 Å². The highest BCUT2D eigenvalue weighted by Gasteiger charge is 2.37. The Balaban J connectivity index is 2.07. The minimum Gasteiger partial charge on any atom is -0.481 e. The van der Waals surface area contributed by atoms with Crippen LogP contribution in [0.3, 0.4) is 0 Å². The minimum atomic E-state index is -0.845. The van der Waals surface area contributed by atoms with Gasteiger partial charge < -0.3 is 10.0 Å². The monoisotopic (exact) mass is 353 g/mol. The van der Waals surface area contributed by atoms with E-state index in [-0.39, 0.29) is 11.8 Å². The maximum atomic E-state index is 12.6. The van der Waals surface area contributed by atoms with E-state index in [0.29, 0.717) is 19.4 Å². The fraction of sp³-hybridized carbons (Fsp3) is 0.500. The molecule has 4 nitrogen and oxygen atoms in total. The number of aliphatic carboxylic acids is 1. The molecular weight excluding hydrogens is 334 g/mol. The molecule has 0 spiro atoms. The Hall–Kier alpha value is -1.36. The third-order valence-electron chi connectivity index (χ3n) is 4.14. The van der Waals surface area contributed by atoms with Crippen LogP contribution in [-0.2, 0) is 16.1 Å². The second kappa shape index (κ2) is 7.07. The fourth-order valence-electron chi connectivity index (χ4n) is 2.97. The topological polar surface area (TPSA) is 57.6 Å². The second-order valence-corrected chi connectivity index (χ2v) is 6.48. The van der Waals surface area contributed by atoms with E-state index in [1.165, 1.54) is 0 Å². The largest absolute Gasteiger partial charge is 0.481 e. The Morgan fingerprint density at radius 1 is 1.24 bits per heavy atom. The summed E-state index contributed by atoms with van der Waals surface area (Å²) in [5.41, 5.74) is 1.02. The van der Waals surface area contributed by atoms with Crippen molar-refractivity contribution < 1.29 is 14.7 Å².